The molecular weight excluding hydrogens is 388 g/mol. The predicted molar refractivity (Wildman–Crippen MR) is 116 cm³/mol. The first-order chi connectivity index (χ1) is 13.4. The molecule has 2 amide bonds. The second-order valence-corrected chi connectivity index (χ2v) is 9.98. The lowest BCUT2D eigenvalue weighted by Gasteiger charge is -2.24. The van der Waals surface area contributed by atoms with Gasteiger partial charge >= 0.3 is 0 Å². The average molecular weight is 419 g/mol. The molecule has 1 aromatic heterocycles. The quantitative estimate of drug-likeness (QED) is 0.710. The van der Waals surface area contributed by atoms with Gasteiger partial charge in [0.05, 0.1) is 16.5 Å². The van der Waals surface area contributed by atoms with E-state index in [1.807, 2.05) is 65.8 Å². The van der Waals surface area contributed by atoms with Crippen molar-refractivity contribution in [1.82, 2.24) is 15.5 Å². The molecular formula is C21H30N4O3S. The fourth-order valence-corrected chi connectivity index (χ4v) is 3.04. The van der Waals surface area contributed by atoms with Gasteiger partial charge in [0.2, 0.25) is 17.7 Å². The van der Waals surface area contributed by atoms with Crippen LogP contribution in [-0.4, -0.2) is 33.0 Å². The van der Waals surface area contributed by atoms with Crippen molar-refractivity contribution >= 4 is 29.3 Å². The molecule has 1 aromatic carbocycles. The van der Waals surface area contributed by atoms with Crippen LogP contribution in [0.3, 0.4) is 0 Å². The summed E-state index contributed by atoms with van der Waals surface area (Å²) in [5.74, 6) is 0.783. The topological polar surface area (TPSA) is 97.1 Å². The molecule has 29 heavy (non-hydrogen) atoms. The van der Waals surface area contributed by atoms with Gasteiger partial charge in [-0.1, -0.05) is 43.6 Å². The molecule has 0 aliphatic rings. The van der Waals surface area contributed by atoms with Crippen LogP contribution in [-0.2, 0) is 20.5 Å². The van der Waals surface area contributed by atoms with Gasteiger partial charge in [-0.3, -0.25) is 9.59 Å². The van der Waals surface area contributed by atoms with Crippen molar-refractivity contribution in [1.29, 1.82) is 0 Å². The zero-order valence-electron chi connectivity index (χ0n) is 18.1. The number of carbonyl (C=O) groups excluding carboxylic acids is 2. The molecule has 0 radical (unpaired) electrons. The van der Waals surface area contributed by atoms with Gasteiger partial charge in [0.15, 0.2) is 5.82 Å². The Morgan fingerprint density at radius 3 is 2.31 bits per heavy atom. The number of benzene rings is 1. The van der Waals surface area contributed by atoms with Gasteiger partial charge in [0.1, 0.15) is 0 Å². The number of aryl methyl sites for hydroxylation is 1. The molecule has 2 aromatic rings. The largest absolute Gasteiger partial charge is 0.343 e. The van der Waals surface area contributed by atoms with E-state index in [2.05, 4.69) is 20.8 Å². The Morgan fingerprint density at radius 1 is 1.14 bits per heavy atom. The summed E-state index contributed by atoms with van der Waals surface area (Å²) in [5.41, 5.74) is 0.815. The van der Waals surface area contributed by atoms with Gasteiger partial charge in [0, 0.05) is 11.1 Å². The summed E-state index contributed by atoms with van der Waals surface area (Å²) >= 11 is 1.27. The summed E-state index contributed by atoms with van der Waals surface area (Å²) in [6.45, 7) is 13.4. The third kappa shape index (κ3) is 6.59. The van der Waals surface area contributed by atoms with Crippen molar-refractivity contribution in [2.24, 2.45) is 0 Å². The van der Waals surface area contributed by atoms with Crippen LogP contribution in [0.1, 0.15) is 58.8 Å². The number of nitrogens with zero attached hydrogens (tertiary/aromatic N) is 2. The third-order valence-electron chi connectivity index (χ3n) is 4.23. The molecule has 0 saturated carbocycles. The molecule has 1 heterocycles. The number of anilines is 1. The fraction of sp³-hybridized carbons (Fsp3) is 0.524. The standard InChI is InChI=1S/C21H30N4O3S/c1-13-8-10-15(11-9-13)22-16(26)12-29-14(2)17(27)24-21(6,7)18-23-19(28-25-18)20(3,4)5/h8-11,14H,12H2,1-7H3,(H,22,26)(H,24,27). The number of nitrogens with one attached hydrogen (secondary N) is 2. The zero-order valence-corrected chi connectivity index (χ0v) is 18.9. The lowest BCUT2D eigenvalue weighted by Crippen LogP contribution is -2.45. The van der Waals surface area contributed by atoms with Crippen LogP contribution < -0.4 is 10.6 Å². The fourth-order valence-electron chi connectivity index (χ4n) is 2.36. The van der Waals surface area contributed by atoms with Crippen molar-refractivity contribution < 1.29 is 14.1 Å². The average Bonchev–Trinajstić information content (AvgIpc) is 3.13. The van der Waals surface area contributed by atoms with Gasteiger partial charge in [-0.25, -0.2) is 0 Å². The maximum absolute atomic E-state index is 12.6. The van der Waals surface area contributed by atoms with Gasteiger partial charge in [-0.15, -0.1) is 11.8 Å². The van der Waals surface area contributed by atoms with Crippen LogP contribution in [0.4, 0.5) is 5.69 Å². The molecule has 7 nitrogen and oxygen atoms in total. The number of hydrogen-bond acceptors (Lipinski definition) is 6. The third-order valence-corrected chi connectivity index (χ3v) is 5.37. The molecule has 0 saturated heterocycles. The first-order valence-electron chi connectivity index (χ1n) is 9.53. The maximum Gasteiger partial charge on any atom is 0.234 e. The highest BCUT2D eigenvalue weighted by atomic mass is 32.2. The maximum atomic E-state index is 12.6. The van der Waals surface area contributed by atoms with Crippen LogP contribution in [0.5, 0.6) is 0 Å². The number of thioether (sulfide) groups is 1. The first kappa shape index (κ1) is 22.9. The van der Waals surface area contributed by atoms with Crippen LogP contribution in [0.15, 0.2) is 28.8 Å². The molecule has 2 N–H and O–H groups in total. The van der Waals surface area contributed by atoms with Crippen molar-refractivity contribution in [3.05, 3.63) is 41.5 Å². The summed E-state index contributed by atoms with van der Waals surface area (Å²) in [5, 5.41) is 9.38. The summed E-state index contributed by atoms with van der Waals surface area (Å²) in [6, 6.07) is 7.58. The molecule has 0 bridgehead atoms. The highest BCUT2D eigenvalue weighted by Gasteiger charge is 2.32. The Morgan fingerprint density at radius 2 is 1.76 bits per heavy atom. The molecule has 0 aliphatic heterocycles. The summed E-state index contributed by atoms with van der Waals surface area (Å²) in [6.07, 6.45) is 0. The van der Waals surface area contributed by atoms with Crippen LogP contribution in [0, 0.1) is 6.92 Å². The molecule has 0 aliphatic carbocycles. The van der Waals surface area contributed by atoms with Gasteiger partial charge in [-0.2, -0.15) is 4.98 Å². The Hall–Kier alpha value is -2.35. The Kier molecular flexibility index (Phi) is 7.11. The van der Waals surface area contributed by atoms with E-state index in [0.717, 1.165) is 11.3 Å². The minimum atomic E-state index is -0.789. The number of aromatic nitrogens is 2. The monoisotopic (exact) mass is 418 g/mol. The van der Waals surface area contributed by atoms with Gasteiger partial charge in [0.25, 0.3) is 0 Å². The predicted octanol–water partition coefficient (Wildman–Crippen LogP) is 3.79. The first-order valence-corrected chi connectivity index (χ1v) is 10.6. The Balaban J connectivity index is 1.88. The lowest BCUT2D eigenvalue weighted by molar-refractivity contribution is -0.122. The zero-order chi connectivity index (χ0) is 21.8. The van der Waals surface area contributed by atoms with E-state index in [1.54, 1.807) is 6.92 Å². The Labute approximate surface area is 176 Å². The summed E-state index contributed by atoms with van der Waals surface area (Å²) < 4.78 is 5.33. The van der Waals surface area contributed by atoms with E-state index in [4.69, 9.17) is 4.52 Å². The number of rotatable bonds is 7. The van der Waals surface area contributed by atoms with Crippen molar-refractivity contribution in [2.75, 3.05) is 11.1 Å². The van der Waals surface area contributed by atoms with Crippen molar-refractivity contribution in [2.45, 2.75) is 64.7 Å². The second-order valence-electron chi connectivity index (χ2n) is 8.65. The van der Waals surface area contributed by atoms with E-state index in [9.17, 15) is 9.59 Å². The highest BCUT2D eigenvalue weighted by molar-refractivity contribution is 8.01. The SMILES string of the molecule is Cc1ccc(NC(=O)CSC(C)C(=O)NC(C)(C)c2noc(C(C)(C)C)n2)cc1. The molecule has 0 spiro atoms. The lowest BCUT2D eigenvalue weighted by atomic mass is 9.97. The van der Waals surface area contributed by atoms with E-state index in [1.165, 1.54) is 11.8 Å². The molecule has 1 atom stereocenters. The van der Waals surface area contributed by atoms with Gasteiger partial charge < -0.3 is 15.2 Å². The minimum absolute atomic E-state index is 0.147. The summed E-state index contributed by atoms with van der Waals surface area (Å²) in [4.78, 5) is 29.2. The van der Waals surface area contributed by atoms with E-state index in [0.29, 0.717) is 11.7 Å². The smallest absolute Gasteiger partial charge is 0.234 e. The number of carbonyl (C=O) groups is 2. The Bertz CT molecular complexity index is 854. The van der Waals surface area contributed by atoms with Crippen LogP contribution in [0.2, 0.25) is 0 Å². The van der Waals surface area contributed by atoms with E-state index in [-0.39, 0.29) is 23.0 Å². The second kappa shape index (κ2) is 8.98. The van der Waals surface area contributed by atoms with Crippen molar-refractivity contribution in [3.63, 3.8) is 0 Å². The normalized spacial score (nSPS) is 13.1. The van der Waals surface area contributed by atoms with Gasteiger partial charge in [-0.05, 0) is 39.8 Å². The minimum Gasteiger partial charge on any atom is -0.343 e. The molecule has 8 heteroatoms. The molecule has 158 valence electrons. The summed E-state index contributed by atoms with van der Waals surface area (Å²) in [7, 11) is 0. The van der Waals surface area contributed by atoms with Crippen LogP contribution >= 0.6 is 11.8 Å². The van der Waals surface area contributed by atoms with Crippen LogP contribution in [0.25, 0.3) is 0 Å². The highest BCUT2D eigenvalue weighted by Crippen LogP contribution is 2.24. The molecule has 1 unspecified atom stereocenters. The number of amides is 2. The van der Waals surface area contributed by atoms with Crippen molar-refractivity contribution in [3.8, 4) is 0 Å². The van der Waals surface area contributed by atoms with E-state index < -0.39 is 10.8 Å². The van der Waals surface area contributed by atoms with E-state index >= 15 is 0 Å². The molecule has 0 fully saturated rings. The molecule has 2 rings (SSSR count). The number of hydrogen-bond donors (Lipinski definition) is 2.